The van der Waals surface area contributed by atoms with Crippen LogP contribution < -0.4 is 31.3 Å². The van der Waals surface area contributed by atoms with Gasteiger partial charge in [-0.05, 0) is 180 Å². The zero-order chi connectivity index (χ0) is 53.6. The molecule has 76 heavy (non-hydrogen) atoms. The highest BCUT2D eigenvalue weighted by atomic mass is 16.3. The minimum Gasteiger partial charge on any atom is -0.468 e. The third-order valence-electron chi connectivity index (χ3n) is 19.5. The van der Waals surface area contributed by atoms with E-state index >= 15 is 0 Å². The minimum atomic E-state index is -0.205. The molecule has 5 aliphatic rings. The molecule has 4 heterocycles. The molecule has 0 unspecified atom stereocenters. The largest absolute Gasteiger partial charge is 0.468 e. The Morgan fingerprint density at radius 3 is 1.47 bits per heavy atom. The van der Waals surface area contributed by atoms with Crippen molar-refractivity contribution in [1.29, 1.82) is 0 Å². The summed E-state index contributed by atoms with van der Waals surface area (Å²) in [6.45, 7) is 38.2. The van der Waals surface area contributed by atoms with Crippen molar-refractivity contribution in [2.75, 3.05) is 14.7 Å². The molecule has 0 atom stereocenters. The van der Waals surface area contributed by atoms with Gasteiger partial charge in [0.2, 0.25) is 0 Å². The first-order valence-corrected chi connectivity index (χ1v) is 28.5. The third kappa shape index (κ3) is 7.08. The lowest BCUT2D eigenvalue weighted by Crippen LogP contribution is -2.61. The fraction of sp³-hybridized carbons (Fsp3) is 0.380. The Labute approximate surface area is 454 Å². The van der Waals surface area contributed by atoms with Crippen molar-refractivity contribution >= 4 is 85.5 Å². The molecule has 4 nitrogen and oxygen atoms in total. The number of hydrogen-bond donors (Lipinski definition) is 0. The number of furan rings is 1. The van der Waals surface area contributed by atoms with Crippen LogP contribution in [-0.2, 0) is 37.9 Å². The van der Waals surface area contributed by atoms with Gasteiger partial charge in [-0.25, -0.2) is 0 Å². The molecule has 2 aliphatic carbocycles. The zero-order valence-corrected chi connectivity index (χ0v) is 48.4. The van der Waals surface area contributed by atoms with E-state index in [0.29, 0.717) is 0 Å². The first kappa shape index (κ1) is 49.1. The normalized spacial score (nSPS) is 19.0. The van der Waals surface area contributed by atoms with Crippen LogP contribution in [0.2, 0.25) is 0 Å². The molecule has 0 fully saturated rings. The Kier molecular flexibility index (Phi) is 10.2. The van der Waals surface area contributed by atoms with Gasteiger partial charge in [0, 0.05) is 39.2 Å². The van der Waals surface area contributed by atoms with Crippen molar-refractivity contribution in [3.63, 3.8) is 0 Å². The van der Waals surface area contributed by atoms with E-state index in [-0.39, 0.29) is 44.6 Å². The quantitative estimate of drug-likeness (QED) is 0.165. The Bertz CT molecular complexity index is 3690. The predicted molar refractivity (Wildman–Crippen MR) is 325 cm³/mol. The number of anilines is 9. The molecule has 7 aromatic carbocycles. The van der Waals surface area contributed by atoms with Crippen LogP contribution in [0, 0.1) is 0 Å². The van der Waals surface area contributed by atoms with Gasteiger partial charge in [0.1, 0.15) is 5.58 Å². The summed E-state index contributed by atoms with van der Waals surface area (Å²) in [5.74, 6) is 0. The summed E-state index contributed by atoms with van der Waals surface area (Å²) in [5.41, 5.74) is 26.1. The molecule has 13 rings (SSSR count). The first-order chi connectivity index (χ1) is 35.7. The third-order valence-corrected chi connectivity index (χ3v) is 19.5. The fourth-order valence-electron chi connectivity index (χ4n) is 14.4. The molecule has 5 heteroatoms. The Hall–Kier alpha value is -6.46. The maximum atomic E-state index is 7.77. The van der Waals surface area contributed by atoms with Crippen molar-refractivity contribution in [2.24, 2.45) is 0 Å². The van der Waals surface area contributed by atoms with Gasteiger partial charge in [-0.3, -0.25) is 0 Å². The molecule has 0 saturated carbocycles. The summed E-state index contributed by atoms with van der Waals surface area (Å²) in [4.78, 5) is 7.82. The van der Waals surface area contributed by atoms with Gasteiger partial charge in [0.25, 0.3) is 6.71 Å². The number of rotatable bonds is 3. The minimum absolute atomic E-state index is 0.00275. The molecule has 0 saturated heterocycles. The number of fused-ring (bicyclic) bond motifs is 10. The van der Waals surface area contributed by atoms with E-state index in [4.69, 9.17) is 4.42 Å². The van der Waals surface area contributed by atoms with Gasteiger partial charge in [0.05, 0.1) is 28.4 Å². The standard InChI is InChI=1S/C71H78BN3O/c1-65(2,3)43-25-28-45(29-26-43)73-58-32-27-44(66(4,5)6)37-55(58)72-62-59(73)39-47(74-56-23-19-17-21-50(56)71(15,16)51-22-18-20-24-57(51)74)40-60(62)75(46-30-31-49-52(38-46)68(9,10)34-33-67(49,7)8)63-48-41-53-54(42-61(48)76-64(63)72)70(13,14)36-35-69(53,11)12/h17-32,37-42H,33-36H2,1-16H3. The highest BCUT2D eigenvalue weighted by molar-refractivity contribution is 7.00. The highest BCUT2D eigenvalue weighted by Gasteiger charge is 2.50. The molecule has 0 spiro atoms. The molecule has 1 aromatic heterocycles. The van der Waals surface area contributed by atoms with Crippen LogP contribution in [0.3, 0.4) is 0 Å². The van der Waals surface area contributed by atoms with Crippen molar-refractivity contribution in [3.05, 3.63) is 178 Å². The molecule has 0 N–H and O–H groups in total. The Morgan fingerprint density at radius 2 is 0.895 bits per heavy atom. The maximum Gasteiger partial charge on any atom is 0.297 e. The molecule has 386 valence electrons. The summed E-state index contributed by atoms with van der Waals surface area (Å²) >= 11 is 0. The van der Waals surface area contributed by atoms with Gasteiger partial charge in [-0.15, -0.1) is 0 Å². The monoisotopic (exact) mass is 1000 g/mol. The number of para-hydroxylation sites is 2. The molecular weight excluding hydrogens is 922 g/mol. The van der Waals surface area contributed by atoms with Crippen LogP contribution in [0.15, 0.2) is 138 Å². The lowest BCUT2D eigenvalue weighted by molar-refractivity contribution is 0.332. The van der Waals surface area contributed by atoms with Crippen LogP contribution in [0.1, 0.15) is 181 Å². The topological polar surface area (TPSA) is 22.9 Å². The van der Waals surface area contributed by atoms with Crippen molar-refractivity contribution in [3.8, 4) is 0 Å². The zero-order valence-electron chi connectivity index (χ0n) is 48.4. The molecule has 0 radical (unpaired) electrons. The van der Waals surface area contributed by atoms with E-state index in [1.807, 2.05) is 0 Å². The van der Waals surface area contributed by atoms with E-state index in [1.54, 1.807) is 0 Å². The maximum absolute atomic E-state index is 7.77. The average Bonchev–Trinajstić information content (AvgIpc) is 3.87. The van der Waals surface area contributed by atoms with Crippen LogP contribution in [0.25, 0.3) is 11.0 Å². The number of nitrogens with zero attached hydrogens (tertiary/aromatic N) is 3. The summed E-state index contributed by atoms with van der Waals surface area (Å²) < 4.78 is 7.77. The number of hydrogen-bond acceptors (Lipinski definition) is 4. The van der Waals surface area contributed by atoms with Gasteiger partial charge in [0.15, 0.2) is 0 Å². The van der Waals surface area contributed by atoms with E-state index in [0.717, 1.165) is 41.9 Å². The van der Waals surface area contributed by atoms with Crippen molar-refractivity contribution in [2.45, 2.75) is 174 Å². The second kappa shape index (κ2) is 15.8. The number of benzene rings is 7. The van der Waals surface area contributed by atoms with E-state index < -0.39 is 0 Å². The SMILES string of the molecule is CC(C)(C)c1ccc(N2c3ccc(C(C)(C)C)cc3B3c4oc5cc6c(cc5c4N(c4ccc5c(c4)C(C)(C)CCC5(C)C)c4cc(N5c7ccccc7C(C)(C)c7ccccc75)cc2c43)C(C)(C)CCC6(C)C)cc1. The lowest BCUT2D eigenvalue weighted by Gasteiger charge is -2.46. The van der Waals surface area contributed by atoms with Gasteiger partial charge >= 0.3 is 0 Å². The van der Waals surface area contributed by atoms with Crippen LogP contribution in [-0.4, -0.2) is 6.71 Å². The van der Waals surface area contributed by atoms with Crippen LogP contribution in [0.5, 0.6) is 0 Å². The summed E-state index contributed by atoms with van der Waals surface area (Å²) in [7, 11) is 0. The molecule has 0 bridgehead atoms. The first-order valence-electron chi connectivity index (χ1n) is 28.5. The van der Waals surface area contributed by atoms with E-state index in [2.05, 4.69) is 259 Å². The van der Waals surface area contributed by atoms with Gasteiger partial charge < -0.3 is 19.1 Å². The summed E-state index contributed by atoms with van der Waals surface area (Å²) in [5, 5.41) is 1.19. The smallest absolute Gasteiger partial charge is 0.297 e. The average molecular weight is 1000 g/mol. The fourth-order valence-corrected chi connectivity index (χ4v) is 14.4. The second-order valence-corrected chi connectivity index (χ2v) is 28.8. The Balaban J connectivity index is 1.20. The summed E-state index contributed by atoms with van der Waals surface area (Å²) in [6.07, 6.45) is 4.59. The van der Waals surface area contributed by atoms with Crippen molar-refractivity contribution < 1.29 is 4.42 Å². The molecular formula is C71H78BN3O. The molecule has 3 aliphatic heterocycles. The van der Waals surface area contributed by atoms with Gasteiger partial charge in [-0.2, -0.15) is 0 Å². The van der Waals surface area contributed by atoms with Crippen LogP contribution >= 0.6 is 0 Å². The lowest BCUT2D eigenvalue weighted by atomic mass is 9.35. The summed E-state index contributed by atoms with van der Waals surface area (Å²) in [6, 6.07) is 52.6. The Morgan fingerprint density at radius 1 is 0.408 bits per heavy atom. The van der Waals surface area contributed by atoms with Crippen molar-refractivity contribution in [1.82, 2.24) is 0 Å². The van der Waals surface area contributed by atoms with E-state index in [1.165, 1.54) is 107 Å². The molecule has 8 aromatic rings. The van der Waals surface area contributed by atoms with Crippen LogP contribution in [0.4, 0.5) is 51.2 Å². The van der Waals surface area contributed by atoms with E-state index in [9.17, 15) is 0 Å². The second-order valence-electron chi connectivity index (χ2n) is 28.8. The highest BCUT2D eigenvalue weighted by Crippen LogP contribution is 2.57. The predicted octanol–water partition coefficient (Wildman–Crippen LogP) is 17.9. The van der Waals surface area contributed by atoms with Gasteiger partial charge in [-0.1, -0.05) is 178 Å². The molecule has 0 amide bonds.